The van der Waals surface area contributed by atoms with Crippen molar-refractivity contribution in [2.24, 2.45) is 5.92 Å². The van der Waals surface area contributed by atoms with Crippen LogP contribution < -0.4 is 20.1 Å². The number of sulfonamides is 1. The Kier molecular flexibility index (Phi) is 10.9. The summed E-state index contributed by atoms with van der Waals surface area (Å²) in [6, 6.07) is 9.45. The van der Waals surface area contributed by atoms with E-state index in [1.165, 1.54) is 17.2 Å². The number of carbonyl (C=O) groups is 4. The zero-order valence-electron chi connectivity index (χ0n) is 31.5. The number of carbonyl (C=O) groups excluding carboxylic acids is 4. The third kappa shape index (κ3) is 8.60. The first-order valence-electron chi connectivity index (χ1n) is 20.0. The Bertz CT molecular complexity index is 2190. The molecular formula is C41H47FN6O8S. The molecule has 3 N–H and O–H groups in total. The topological polar surface area (TPSA) is 186 Å². The quantitative estimate of drug-likeness (QED) is 0.267. The molecule has 0 spiro atoms. The zero-order chi connectivity index (χ0) is 39.7. The normalized spacial score (nSPS) is 27.1. The van der Waals surface area contributed by atoms with Crippen molar-refractivity contribution in [1.82, 2.24) is 30.2 Å². The molecule has 1 saturated heterocycles. The van der Waals surface area contributed by atoms with Gasteiger partial charge < -0.3 is 25.0 Å². The van der Waals surface area contributed by atoms with E-state index in [1.54, 1.807) is 36.4 Å². The summed E-state index contributed by atoms with van der Waals surface area (Å²) in [4.78, 5) is 66.2. The summed E-state index contributed by atoms with van der Waals surface area (Å²) < 4.78 is 54.5. The fraction of sp³-hybridized carbons (Fsp3) is 0.512. The number of alkyl carbamates (subject to hydrolysis) is 1. The van der Waals surface area contributed by atoms with Crippen LogP contribution in [0.5, 0.6) is 5.88 Å². The standard InChI is InChI=1S/C41H47FN6O8S/c42-31-14-9-8-13-30(31)25-16-19-32-34(20-25)44-36(23-43-32)55-28-21-35-37(49)46-41(39(51)47-57(53,54)29-17-18-29)22-26(41)10-4-2-1-3-5-15-33(38(50)48(35)24-28)45-40(52)56-27-11-6-7-12-27/h4,8-10,13-14,16,19-20,23,26-29,33,35H,1-3,5-7,11-12,15,17-18,21-22,24H2,(H,45,52)(H,46,49)(H,47,51)/t26-,28-,33+,35+,41-/m1/s1. The second kappa shape index (κ2) is 16.0. The van der Waals surface area contributed by atoms with Gasteiger partial charge in [0, 0.05) is 17.9 Å². The molecule has 3 heterocycles. The molecule has 0 bridgehead atoms. The van der Waals surface area contributed by atoms with E-state index in [9.17, 15) is 32.0 Å². The van der Waals surface area contributed by atoms with Gasteiger partial charge >= 0.3 is 6.09 Å². The lowest BCUT2D eigenvalue weighted by atomic mass is 10.0. The van der Waals surface area contributed by atoms with Crippen LogP contribution in [-0.2, 0) is 29.1 Å². The van der Waals surface area contributed by atoms with E-state index in [1.807, 2.05) is 12.2 Å². The van der Waals surface area contributed by atoms with Gasteiger partial charge in [-0.1, -0.05) is 49.3 Å². The highest BCUT2D eigenvalue weighted by Crippen LogP contribution is 2.46. The average molecular weight is 803 g/mol. The number of hydrogen-bond acceptors (Lipinski definition) is 10. The predicted molar refractivity (Wildman–Crippen MR) is 206 cm³/mol. The molecule has 0 unspecified atom stereocenters. The second-order valence-corrected chi connectivity index (χ2v) is 17.9. The van der Waals surface area contributed by atoms with Crippen LogP contribution >= 0.6 is 0 Å². The summed E-state index contributed by atoms with van der Waals surface area (Å²) in [7, 11) is -3.91. The Labute approximate surface area is 330 Å². The molecule has 3 saturated carbocycles. The van der Waals surface area contributed by atoms with Crippen molar-refractivity contribution in [3.8, 4) is 17.0 Å². The van der Waals surface area contributed by atoms with Gasteiger partial charge in [0.25, 0.3) is 5.91 Å². The summed E-state index contributed by atoms with van der Waals surface area (Å²) >= 11 is 0. The first-order chi connectivity index (χ1) is 27.5. The number of hydrogen-bond donors (Lipinski definition) is 3. The van der Waals surface area contributed by atoms with Crippen molar-refractivity contribution < 1.29 is 41.5 Å². The Balaban J connectivity index is 1.07. The van der Waals surface area contributed by atoms with Gasteiger partial charge in [0.1, 0.15) is 35.6 Å². The van der Waals surface area contributed by atoms with Gasteiger partial charge in [0.2, 0.25) is 27.7 Å². The number of benzene rings is 2. The van der Waals surface area contributed by atoms with Crippen molar-refractivity contribution in [2.45, 2.75) is 119 Å². The van der Waals surface area contributed by atoms with Crippen molar-refractivity contribution in [2.75, 3.05) is 6.54 Å². The Morgan fingerprint density at radius 3 is 2.53 bits per heavy atom. The summed E-state index contributed by atoms with van der Waals surface area (Å²) in [6.45, 7) is -0.0552. The molecule has 16 heteroatoms. The molecule has 5 aliphatic rings. The summed E-state index contributed by atoms with van der Waals surface area (Å²) in [6.07, 6.45) is 11.3. The maximum atomic E-state index is 14.6. The van der Waals surface area contributed by atoms with Crippen molar-refractivity contribution in [3.05, 3.63) is 66.6 Å². The minimum absolute atomic E-state index is 0.00434. The van der Waals surface area contributed by atoms with Crippen LogP contribution in [0.3, 0.4) is 0 Å². The zero-order valence-corrected chi connectivity index (χ0v) is 32.3. The van der Waals surface area contributed by atoms with Crippen LogP contribution in [0.1, 0.15) is 83.5 Å². The second-order valence-electron chi connectivity index (χ2n) is 15.9. The number of ether oxygens (including phenoxy) is 2. The lowest BCUT2D eigenvalue weighted by molar-refractivity contribution is -0.141. The third-order valence-electron chi connectivity index (χ3n) is 11.7. The van der Waals surface area contributed by atoms with Crippen LogP contribution in [0.4, 0.5) is 9.18 Å². The van der Waals surface area contributed by atoms with E-state index in [0.29, 0.717) is 54.3 Å². The number of fused-ring (bicyclic) bond motifs is 3. The molecule has 57 heavy (non-hydrogen) atoms. The largest absolute Gasteiger partial charge is 0.471 e. The highest BCUT2D eigenvalue weighted by atomic mass is 32.2. The highest BCUT2D eigenvalue weighted by molar-refractivity contribution is 7.91. The minimum Gasteiger partial charge on any atom is -0.471 e. The molecule has 5 atom stereocenters. The number of nitrogens with zero attached hydrogens (tertiary/aromatic N) is 3. The number of rotatable bonds is 8. The smallest absolute Gasteiger partial charge is 0.408 e. The summed E-state index contributed by atoms with van der Waals surface area (Å²) in [5, 5.41) is 5.01. The Morgan fingerprint density at radius 1 is 0.947 bits per heavy atom. The maximum absolute atomic E-state index is 14.6. The summed E-state index contributed by atoms with van der Waals surface area (Å²) in [5.74, 6) is -2.66. The van der Waals surface area contributed by atoms with Crippen molar-refractivity contribution >= 4 is 44.9 Å². The number of amides is 4. The lowest BCUT2D eigenvalue weighted by Gasteiger charge is -2.30. The van der Waals surface area contributed by atoms with E-state index in [4.69, 9.17) is 9.47 Å². The molecule has 0 radical (unpaired) electrons. The number of allylic oxidation sites excluding steroid dienone is 1. The lowest BCUT2D eigenvalue weighted by Crippen LogP contribution is -2.58. The molecule has 2 aliphatic heterocycles. The summed E-state index contributed by atoms with van der Waals surface area (Å²) in [5.41, 5.74) is 0.475. The number of nitrogens with one attached hydrogen (secondary N) is 3. The van der Waals surface area contributed by atoms with Crippen LogP contribution in [0.25, 0.3) is 22.2 Å². The molecule has 3 aliphatic carbocycles. The van der Waals surface area contributed by atoms with Crippen molar-refractivity contribution in [1.29, 1.82) is 0 Å². The first-order valence-corrected chi connectivity index (χ1v) is 21.5. The van der Waals surface area contributed by atoms with Gasteiger partial charge in [-0.15, -0.1) is 0 Å². The van der Waals surface area contributed by atoms with E-state index < -0.39 is 68.7 Å². The van der Waals surface area contributed by atoms with Crippen LogP contribution in [-0.4, -0.2) is 88.7 Å². The molecular weight excluding hydrogens is 756 g/mol. The Morgan fingerprint density at radius 2 is 1.74 bits per heavy atom. The van der Waals surface area contributed by atoms with E-state index in [0.717, 1.165) is 38.5 Å². The molecule has 4 fully saturated rings. The predicted octanol–water partition coefficient (Wildman–Crippen LogP) is 4.83. The fourth-order valence-corrected chi connectivity index (χ4v) is 9.63. The highest BCUT2D eigenvalue weighted by Gasteiger charge is 2.62. The number of halogens is 1. The van der Waals surface area contributed by atoms with E-state index in [-0.39, 0.29) is 37.2 Å². The van der Waals surface area contributed by atoms with Crippen LogP contribution in [0.15, 0.2) is 60.8 Å². The first kappa shape index (κ1) is 38.7. The molecule has 14 nitrogen and oxygen atoms in total. The Hall–Kier alpha value is -5.12. The van der Waals surface area contributed by atoms with E-state index in [2.05, 4.69) is 25.3 Å². The van der Waals surface area contributed by atoms with Crippen LogP contribution in [0.2, 0.25) is 0 Å². The SMILES string of the molecule is O=C(N[C@H]1CCCCCC=C[C@@H]2C[C@@]2(C(=O)NS(=O)(=O)C2CC2)NC(=O)[C@@H]2C[C@@H](Oc3cnc4ccc(-c5ccccc5F)cc4n3)CN2C1=O)OC1CCCC1. The third-order valence-corrected chi connectivity index (χ3v) is 13.5. The maximum Gasteiger partial charge on any atom is 0.408 e. The monoisotopic (exact) mass is 802 g/mol. The van der Waals surface area contributed by atoms with E-state index >= 15 is 0 Å². The molecule has 4 amide bonds. The fourth-order valence-electron chi connectivity index (χ4n) is 8.27. The van der Waals surface area contributed by atoms with Gasteiger partial charge in [-0.05, 0) is 88.0 Å². The van der Waals surface area contributed by atoms with Gasteiger partial charge in [-0.3, -0.25) is 19.1 Å². The van der Waals surface area contributed by atoms with Gasteiger partial charge in [-0.2, -0.15) is 0 Å². The van der Waals surface area contributed by atoms with Gasteiger partial charge in [0.05, 0.1) is 29.0 Å². The number of aromatic nitrogens is 2. The van der Waals surface area contributed by atoms with Gasteiger partial charge in [-0.25, -0.2) is 27.6 Å². The van der Waals surface area contributed by atoms with Crippen molar-refractivity contribution in [3.63, 3.8) is 0 Å². The van der Waals surface area contributed by atoms with Gasteiger partial charge in [0.15, 0.2) is 0 Å². The molecule has 302 valence electrons. The molecule has 8 rings (SSSR count). The molecule has 1 aromatic heterocycles. The molecule has 3 aromatic rings. The minimum atomic E-state index is -3.91. The molecule has 2 aromatic carbocycles. The average Bonchev–Trinajstić information content (AvgIpc) is 4.06. The van der Waals surface area contributed by atoms with Crippen LogP contribution in [0, 0.1) is 11.7 Å².